The van der Waals surface area contributed by atoms with E-state index in [1.54, 1.807) is 0 Å². The molecule has 0 heterocycles. The molecule has 0 radical (unpaired) electrons. The molecule has 0 fully saturated rings. The summed E-state index contributed by atoms with van der Waals surface area (Å²) < 4.78 is 47.5. The standard InChI is InChI=1S/C11H16BrNO4S2/c1-18(14,15)5-6-19(16,17)13-9-11-4-2-3-10(7-11)8-12/h2-4,7,13H,5-6,8-9H2,1H3. The van der Waals surface area contributed by atoms with Crippen molar-refractivity contribution in [3.8, 4) is 0 Å². The van der Waals surface area contributed by atoms with Crippen molar-refractivity contribution in [1.82, 2.24) is 4.72 Å². The van der Waals surface area contributed by atoms with Gasteiger partial charge in [-0.25, -0.2) is 21.6 Å². The third-order valence-corrected chi connectivity index (χ3v) is 5.54. The van der Waals surface area contributed by atoms with Gasteiger partial charge in [-0.2, -0.15) is 0 Å². The van der Waals surface area contributed by atoms with Gasteiger partial charge in [-0.05, 0) is 11.1 Å². The fourth-order valence-electron chi connectivity index (χ4n) is 1.35. The van der Waals surface area contributed by atoms with Crippen LogP contribution >= 0.6 is 15.9 Å². The molecule has 0 saturated carbocycles. The highest BCUT2D eigenvalue weighted by Crippen LogP contribution is 2.09. The zero-order valence-corrected chi connectivity index (χ0v) is 13.7. The first-order valence-corrected chi connectivity index (χ1v) is 10.3. The predicted octanol–water partition coefficient (Wildman–Crippen LogP) is 1.05. The van der Waals surface area contributed by atoms with E-state index in [4.69, 9.17) is 0 Å². The normalized spacial score (nSPS) is 12.5. The topological polar surface area (TPSA) is 80.3 Å². The van der Waals surface area contributed by atoms with Crippen LogP contribution in [0.25, 0.3) is 0 Å². The minimum Gasteiger partial charge on any atom is -0.229 e. The molecule has 0 bridgehead atoms. The Morgan fingerprint density at radius 3 is 2.32 bits per heavy atom. The fourth-order valence-corrected chi connectivity index (χ4v) is 4.32. The van der Waals surface area contributed by atoms with Crippen molar-refractivity contribution in [2.75, 3.05) is 17.8 Å². The maximum atomic E-state index is 11.6. The van der Waals surface area contributed by atoms with E-state index in [1.807, 2.05) is 24.3 Å². The third-order valence-electron chi connectivity index (χ3n) is 2.36. The average molecular weight is 370 g/mol. The SMILES string of the molecule is CS(=O)(=O)CCS(=O)(=O)NCc1cccc(CBr)c1. The van der Waals surface area contributed by atoms with Gasteiger partial charge in [-0.3, -0.25) is 0 Å². The van der Waals surface area contributed by atoms with Crippen LogP contribution in [0.2, 0.25) is 0 Å². The molecular formula is C11H16BrNO4S2. The molecule has 1 rings (SSSR count). The van der Waals surface area contributed by atoms with Crippen LogP contribution in [0.1, 0.15) is 11.1 Å². The smallest absolute Gasteiger partial charge is 0.212 e. The van der Waals surface area contributed by atoms with E-state index in [2.05, 4.69) is 20.7 Å². The van der Waals surface area contributed by atoms with Crippen LogP contribution in [0.3, 0.4) is 0 Å². The Hall–Kier alpha value is -0.440. The largest absolute Gasteiger partial charge is 0.229 e. The van der Waals surface area contributed by atoms with Crippen molar-refractivity contribution in [1.29, 1.82) is 0 Å². The summed E-state index contributed by atoms with van der Waals surface area (Å²) in [6.45, 7) is 0.160. The highest BCUT2D eigenvalue weighted by atomic mass is 79.9. The average Bonchev–Trinajstić information content (AvgIpc) is 2.34. The molecule has 1 aromatic carbocycles. The minimum atomic E-state index is -3.57. The van der Waals surface area contributed by atoms with Crippen LogP contribution in [-0.4, -0.2) is 34.6 Å². The van der Waals surface area contributed by atoms with E-state index >= 15 is 0 Å². The Balaban J connectivity index is 2.60. The summed E-state index contributed by atoms with van der Waals surface area (Å²) in [5, 5.41) is 0.696. The maximum absolute atomic E-state index is 11.6. The minimum absolute atomic E-state index is 0.160. The van der Waals surface area contributed by atoms with Gasteiger partial charge in [0.25, 0.3) is 0 Å². The molecule has 0 saturated heterocycles. The second kappa shape index (κ2) is 6.83. The van der Waals surface area contributed by atoms with Gasteiger partial charge in [-0.15, -0.1) is 0 Å². The summed E-state index contributed by atoms with van der Waals surface area (Å²) >= 11 is 3.32. The summed E-state index contributed by atoms with van der Waals surface area (Å²) in [4.78, 5) is 0. The molecule has 0 atom stereocenters. The first-order chi connectivity index (χ1) is 8.72. The third kappa shape index (κ3) is 7.05. The Morgan fingerprint density at radius 1 is 1.11 bits per heavy atom. The molecule has 0 aliphatic rings. The highest BCUT2D eigenvalue weighted by molar-refractivity contribution is 9.08. The second-order valence-corrected chi connectivity index (χ2v) is 8.97. The van der Waals surface area contributed by atoms with Crippen molar-refractivity contribution in [3.63, 3.8) is 0 Å². The molecule has 0 aliphatic heterocycles. The van der Waals surface area contributed by atoms with Crippen LogP contribution in [0.15, 0.2) is 24.3 Å². The molecule has 0 aromatic heterocycles. The molecular weight excluding hydrogens is 354 g/mol. The molecule has 19 heavy (non-hydrogen) atoms. The molecule has 108 valence electrons. The van der Waals surface area contributed by atoms with Gasteiger partial charge in [0, 0.05) is 18.1 Å². The summed E-state index contributed by atoms with van der Waals surface area (Å²) in [5.74, 6) is -0.784. The van der Waals surface area contributed by atoms with Crippen LogP contribution in [0, 0.1) is 0 Å². The van der Waals surface area contributed by atoms with E-state index in [-0.39, 0.29) is 12.3 Å². The fraction of sp³-hybridized carbons (Fsp3) is 0.455. The Morgan fingerprint density at radius 2 is 1.74 bits per heavy atom. The van der Waals surface area contributed by atoms with Gasteiger partial charge in [0.15, 0.2) is 0 Å². The quantitative estimate of drug-likeness (QED) is 0.728. The van der Waals surface area contributed by atoms with Crippen molar-refractivity contribution in [3.05, 3.63) is 35.4 Å². The van der Waals surface area contributed by atoms with Gasteiger partial charge >= 0.3 is 0 Å². The van der Waals surface area contributed by atoms with Gasteiger partial charge < -0.3 is 0 Å². The van der Waals surface area contributed by atoms with E-state index in [0.717, 1.165) is 17.4 Å². The van der Waals surface area contributed by atoms with E-state index in [9.17, 15) is 16.8 Å². The van der Waals surface area contributed by atoms with E-state index in [0.29, 0.717) is 5.33 Å². The van der Waals surface area contributed by atoms with Crippen molar-refractivity contribution >= 4 is 35.8 Å². The first-order valence-electron chi connectivity index (χ1n) is 5.51. The lowest BCUT2D eigenvalue weighted by atomic mass is 10.1. The van der Waals surface area contributed by atoms with Crippen molar-refractivity contribution in [2.24, 2.45) is 0 Å². The molecule has 0 aliphatic carbocycles. The van der Waals surface area contributed by atoms with Crippen LogP contribution < -0.4 is 4.72 Å². The Kier molecular flexibility index (Phi) is 5.97. The number of nitrogens with one attached hydrogen (secondary N) is 1. The number of hydrogen-bond donors (Lipinski definition) is 1. The lowest BCUT2D eigenvalue weighted by molar-refractivity contribution is 0.578. The molecule has 8 heteroatoms. The molecule has 1 aromatic rings. The summed E-state index contributed by atoms with van der Waals surface area (Å²) in [6, 6.07) is 7.46. The number of benzene rings is 1. The monoisotopic (exact) mass is 369 g/mol. The van der Waals surface area contributed by atoms with E-state index < -0.39 is 25.6 Å². The number of alkyl halides is 1. The number of sulfonamides is 1. The van der Waals surface area contributed by atoms with Gasteiger partial charge in [0.2, 0.25) is 10.0 Å². The van der Waals surface area contributed by atoms with Crippen LogP contribution in [0.4, 0.5) is 0 Å². The number of rotatable bonds is 7. The summed E-state index contributed by atoms with van der Waals surface area (Å²) in [7, 11) is -6.85. The first kappa shape index (κ1) is 16.6. The maximum Gasteiger partial charge on any atom is 0.212 e. The van der Waals surface area contributed by atoms with E-state index in [1.165, 1.54) is 0 Å². The molecule has 0 unspecified atom stereocenters. The lowest BCUT2D eigenvalue weighted by Crippen LogP contribution is -2.29. The summed E-state index contributed by atoms with van der Waals surface area (Å²) in [6.07, 6.45) is 1.02. The molecule has 1 N–H and O–H groups in total. The second-order valence-electron chi connectivity index (χ2n) is 4.22. The zero-order chi connectivity index (χ0) is 14.5. The lowest BCUT2D eigenvalue weighted by Gasteiger charge is -2.07. The Bertz CT molecular complexity index is 626. The van der Waals surface area contributed by atoms with Crippen molar-refractivity contribution in [2.45, 2.75) is 11.9 Å². The van der Waals surface area contributed by atoms with Crippen LogP contribution in [-0.2, 0) is 31.7 Å². The molecule has 0 spiro atoms. The number of halogens is 1. The summed E-state index contributed by atoms with van der Waals surface area (Å²) in [5.41, 5.74) is 1.88. The van der Waals surface area contributed by atoms with Gasteiger partial charge in [0.1, 0.15) is 9.84 Å². The Labute approximate surface area is 122 Å². The molecule has 5 nitrogen and oxygen atoms in total. The number of hydrogen-bond acceptors (Lipinski definition) is 4. The van der Waals surface area contributed by atoms with Gasteiger partial charge in [0.05, 0.1) is 11.5 Å². The predicted molar refractivity (Wildman–Crippen MR) is 79.4 cm³/mol. The van der Waals surface area contributed by atoms with Crippen LogP contribution in [0.5, 0.6) is 0 Å². The zero-order valence-electron chi connectivity index (χ0n) is 10.5. The number of sulfone groups is 1. The molecule has 0 amide bonds. The van der Waals surface area contributed by atoms with Crippen molar-refractivity contribution < 1.29 is 16.8 Å². The highest BCUT2D eigenvalue weighted by Gasteiger charge is 2.14. The van der Waals surface area contributed by atoms with Gasteiger partial charge in [-0.1, -0.05) is 40.2 Å².